The van der Waals surface area contributed by atoms with Crippen LogP contribution in [-0.2, 0) is 16.1 Å². The van der Waals surface area contributed by atoms with Crippen LogP contribution in [-0.4, -0.2) is 24.6 Å². The number of nitrogens with zero attached hydrogens (tertiary/aromatic N) is 1. The maximum absolute atomic E-state index is 12.7. The molecular formula is C19H18N2O4. The molecular weight excluding hydrogens is 320 g/mol. The molecule has 3 aromatic rings. The molecule has 4 rings (SSSR count). The van der Waals surface area contributed by atoms with Crippen LogP contribution >= 0.6 is 0 Å². The number of ether oxygens (including phenoxy) is 2. The zero-order chi connectivity index (χ0) is 17.2. The van der Waals surface area contributed by atoms with Crippen LogP contribution in [0.4, 0.5) is 5.69 Å². The number of anilines is 1. The van der Waals surface area contributed by atoms with Gasteiger partial charge in [0.25, 0.3) is 0 Å². The average Bonchev–Trinajstić information content (AvgIpc) is 3.03. The number of fused-ring (bicyclic) bond motifs is 2. The Bertz CT molecular complexity index is 919. The van der Waals surface area contributed by atoms with E-state index in [2.05, 4.69) is 10.3 Å². The van der Waals surface area contributed by atoms with Gasteiger partial charge in [0.15, 0.2) is 5.58 Å². The number of benzene rings is 2. The Morgan fingerprint density at radius 1 is 1.32 bits per heavy atom. The molecule has 0 bridgehead atoms. The Labute approximate surface area is 144 Å². The van der Waals surface area contributed by atoms with Gasteiger partial charge in [-0.3, -0.25) is 4.79 Å². The zero-order valence-corrected chi connectivity index (χ0v) is 13.8. The number of hydrogen-bond acceptors (Lipinski definition) is 5. The van der Waals surface area contributed by atoms with Crippen molar-refractivity contribution < 1.29 is 18.7 Å². The van der Waals surface area contributed by atoms with Crippen LogP contribution in [0.2, 0.25) is 0 Å². The molecule has 2 aromatic carbocycles. The summed E-state index contributed by atoms with van der Waals surface area (Å²) in [7, 11) is 1.59. The molecule has 1 aliphatic rings. The van der Waals surface area contributed by atoms with E-state index in [4.69, 9.17) is 13.9 Å². The van der Waals surface area contributed by atoms with Gasteiger partial charge in [-0.15, -0.1) is 0 Å². The maximum Gasteiger partial charge on any atom is 0.232 e. The van der Waals surface area contributed by atoms with Crippen LogP contribution in [0.3, 0.4) is 0 Å². The second-order valence-corrected chi connectivity index (χ2v) is 5.94. The minimum Gasteiger partial charge on any atom is -0.493 e. The van der Waals surface area contributed by atoms with Crippen molar-refractivity contribution in [2.24, 2.45) is 0 Å². The molecule has 0 fully saturated rings. The highest BCUT2D eigenvalue weighted by molar-refractivity contribution is 5.97. The maximum atomic E-state index is 12.7. The average molecular weight is 338 g/mol. The first-order valence-electron chi connectivity index (χ1n) is 8.15. The quantitative estimate of drug-likeness (QED) is 0.788. The van der Waals surface area contributed by atoms with Crippen molar-refractivity contribution in [1.82, 2.24) is 4.98 Å². The Kier molecular flexibility index (Phi) is 4.11. The van der Waals surface area contributed by atoms with Crippen molar-refractivity contribution in [1.29, 1.82) is 0 Å². The fourth-order valence-corrected chi connectivity index (χ4v) is 3.08. The lowest BCUT2D eigenvalue weighted by molar-refractivity contribution is -0.118. The first-order chi connectivity index (χ1) is 12.2. The minimum atomic E-state index is -0.220. The van der Waals surface area contributed by atoms with E-state index in [1.807, 2.05) is 30.3 Å². The summed E-state index contributed by atoms with van der Waals surface area (Å²) in [5.41, 5.74) is 2.98. The molecule has 1 aliphatic heterocycles. The highest BCUT2D eigenvalue weighted by Crippen LogP contribution is 2.34. The number of carbonyl (C=O) groups excluding carboxylic acids is 1. The molecule has 1 aromatic heterocycles. The van der Waals surface area contributed by atoms with Gasteiger partial charge in [0.2, 0.25) is 11.8 Å². The van der Waals surface area contributed by atoms with E-state index in [1.165, 1.54) is 0 Å². The van der Waals surface area contributed by atoms with Crippen LogP contribution in [0.1, 0.15) is 23.8 Å². The van der Waals surface area contributed by atoms with Gasteiger partial charge >= 0.3 is 0 Å². The van der Waals surface area contributed by atoms with E-state index in [1.54, 1.807) is 19.2 Å². The van der Waals surface area contributed by atoms with E-state index >= 15 is 0 Å². The molecule has 6 heteroatoms. The Morgan fingerprint density at radius 2 is 2.20 bits per heavy atom. The summed E-state index contributed by atoms with van der Waals surface area (Å²) >= 11 is 0. The third-order valence-electron chi connectivity index (χ3n) is 4.24. The molecule has 128 valence electrons. The number of methoxy groups -OCH3 is 1. The number of nitrogens with one attached hydrogen (secondary N) is 1. The largest absolute Gasteiger partial charge is 0.493 e. The second-order valence-electron chi connectivity index (χ2n) is 5.94. The van der Waals surface area contributed by atoms with Crippen molar-refractivity contribution in [3.05, 3.63) is 53.9 Å². The Morgan fingerprint density at radius 3 is 3.08 bits per heavy atom. The van der Waals surface area contributed by atoms with Crippen LogP contribution < -0.4 is 10.1 Å². The summed E-state index contributed by atoms with van der Waals surface area (Å²) in [6.45, 7) is 0.854. The summed E-state index contributed by atoms with van der Waals surface area (Å²) in [6.07, 6.45) is 0.660. The second kappa shape index (κ2) is 6.57. The monoisotopic (exact) mass is 338 g/mol. The van der Waals surface area contributed by atoms with Crippen LogP contribution in [0.25, 0.3) is 11.1 Å². The van der Waals surface area contributed by atoms with E-state index in [0.29, 0.717) is 42.3 Å². The fourth-order valence-electron chi connectivity index (χ4n) is 3.08. The van der Waals surface area contributed by atoms with Gasteiger partial charge in [-0.05, 0) is 30.7 Å². The highest BCUT2D eigenvalue weighted by atomic mass is 16.5. The molecule has 0 saturated heterocycles. The van der Waals surface area contributed by atoms with Gasteiger partial charge in [0, 0.05) is 18.4 Å². The number of carbonyl (C=O) groups is 1. The lowest BCUT2D eigenvalue weighted by Crippen LogP contribution is -2.26. The lowest BCUT2D eigenvalue weighted by atomic mass is 9.92. The topological polar surface area (TPSA) is 73.6 Å². The van der Waals surface area contributed by atoms with Crippen molar-refractivity contribution in [3.8, 4) is 5.75 Å². The standard InChI is InChI=1S/C19H18N2O4/c1-23-11-18-21-15-10-12(6-7-17(15)25-18)20-19(22)14-8-9-24-16-5-3-2-4-13(14)16/h2-7,10,14H,8-9,11H2,1H3,(H,20,22)/t14-/m0/s1. The van der Waals surface area contributed by atoms with Crippen LogP contribution in [0, 0.1) is 0 Å². The fraction of sp³-hybridized carbons (Fsp3) is 0.263. The molecule has 1 N–H and O–H groups in total. The first-order valence-corrected chi connectivity index (χ1v) is 8.15. The number of aromatic nitrogens is 1. The molecule has 0 unspecified atom stereocenters. The van der Waals surface area contributed by atoms with E-state index < -0.39 is 0 Å². The number of oxazole rings is 1. The summed E-state index contributed by atoms with van der Waals surface area (Å²) in [5, 5.41) is 2.98. The molecule has 1 atom stereocenters. The van der Waals surface area contributed by atoms with Gasteiger partial charge in [-0.1, -0.05) is 18.2 Å². The van der Waals surface area contributed by atoms with Crippen molar-refractivity contribution in [3.63, 3.8) is 0 Å². The molecule has 0 aliphatic carbocycles. The van der Waals surface area contributed by atoms with Crippen molar-refractivity contribution in [2.45, 2.75) is 18.9 Å². The van der Waals surface area contributed by atoms with Crippen molar-refractivity contribution >= 4 is 22.7 Å². The number of para-hydroxylation sites is 1. The van der Waals surface area contributed by atoms with Crippen LogP contribution in [0.15, 0.2) is 46.9 Å². The number of amides is 1. The predicted octanol–water partition coefficient (Wildman–Crippen LogP) is 3.48. The van der Waals surface area contributed by atoms with E-state index in [0.717, 1.165) is 11.3 Å². The Hall–Kier alpha value is -2.86. The predicted molar refractivity (Wildman–Crippen MR) is 92.6 cm³/mol. The van der Waals surface area contributed by atoms with E-state index in [9.17, 15) is 4.79 Å². The molecule has 2 heterocycles. The normalized spacial score (nSPS) is 16.3. The highest BCUT2D eigenvalue weighted by Gasteiger charge is 2.27. The van der Waals surface area contributed by atoms with Gasteiger partial charge in [-0.25, -0.2) is 4.98 Å². The van der Waals surface area contributed by atoms with Crippen molar-refractivity contribution in [2.75, 3.05) is 19.0 Å². The summed E-state index contributed by atoms with van der Waals surface area (Å²) in [5.74, 6) is 1.03. The Balaban J connectivity index is 1.56. The summed E-state index contributed by atoms with van der Waals surface area (Å²) in [6, 6.07) is 13.1. The SMILES string of the molecule is COCc1nc2cc(NC(=O)[C@H]3CCOc4ccccc43)ccc2o1. The van der Waals surface area contributed by atoms with Crippen LogP contribution in [0.5, 0.6) is 5.75 Å². The minimum absolute atomic E-state index is 0.0456. The first kappa shape index (κ1) is 15.7. The summed E-state index contributed by atoms with van der Waals surface area (Å²) < 4.78 is 16.2. The number of rotatable bonds is 4. The van der Waals surface area contributed by atoms with E-state index in [-0.39, 0.29) is 11.8 Å². The third kappa shape index (κ3) is 3.08. The zero-order valence-electron chi connectivity index (χ0n) is 13.8. The lowest BCUT2D eigenvalue weighted by Gasteiger charge is -2.25. The number of hydrogen-bond donors (Lipinski definition) is 1. The third-order valence-corrected chi connectivity index (χ3v) is 4.24. The molecule has 0 spiro atoms. The molecule has 25 heavy (non-hydrogen) atoms. The van der Waals surface area contributed by atoms with Gasteiger partial charge in [0.1, 0.15) is 17.9 Å². The molecule has 6 nitrogen and oxygen atoms in total. The molecule has 0 radical (unpaired) electrons. The van der Waals surface area contributed by atoms with Gasteiger partial charge in [-0.2, -0.15) is 0 Å². The molecule has 1 amide bonds. The summed E-state index contributed by atoms with van der Waals surface area (Å²) in [4.78, 5) is 17.1. The smallest absolute Gasteiger partial charge is 0.232 e. The van der Waals surface area contributed by atoms with Gasteiger partial charge < -0.3 is 19.2 Å². The molecule has 0 saturated carbocycles. The van der Waals surface area contributed by atoms with Gasteiger partial charge in [0.05, 0.1) is 12.5 Å².